The molecule has 0 bridgehead atoms. The number of benzene rings is 1. The van der Waals surface area contributed by atoms with E-state index in [4.69, 9.17) is 11.2 Å². The molecule has 0 aliphatic rings. The predicted molar refractivity (Wildman–Crippen MR) is 49.5 cm³/mol. The van der Waals surface area contributed by atoms with E-state index in [2.05, 4.69) is 0 Å². The second-order valence-electron chi connectivity index (χ2n) is 2.77. The van der Waals surface area contributed by atoms with Crippen molar-refractivity contribution in [3.05, 3.63) is 35.6 Å². The molecule has 0 aliphatic carbocycles. The molecule has 0 saturated heterocycles. The van der Waals surface area contributed by atoms with Crippen LogP contribution >= 0.6 is 17.7 Å². The average Bonchev–Trinajstić information content (AvgIpc) is 1.91. The summed E-state index contributed by atoms with van der Waals surface area (Å²) in [5.74, 6) is -0.292. The maximum Gasteiger partial charge on any atom is 0.170 e. The minimum atomic E-state index is -2.55. The molecule has 1 atom stereocenters. The van der Waals surface area contributed by atoms with Gasteiger partial charge in [0.05, 0.1) is 0 Å². The Labute approximate surface area is 75.7 Å². The molecule has 0 saturated carbocycles. The normalized spacial score (nSPS) is 15.6. The van der Waals surface area contributed by atoms with Crippen LogP contribution in [0.15, 0.2) is 24.3 Å². The smallest absolute Gasteiger partial charge is 0.170 e. The van der Waals surface area contributed by atoms with E-state index >= 15 is 0 Å². The Morgan fingerprint density at radius 1 is 1.42 bits per heavy atom. The highest BCUT2D eigenvalue weighted by molar-refractivity contribution is 7.87. The predicted octanol–water partition coefficient (Wildman–Crippen LogP) is 3.47. The van der Waals surface area contributed by atoms with Crippen LogP contribution in [0.2, 0.25) is 0 Å². The lowest BCUT2D eigenvalue weighted by molar-refractivity contribution is 0.587. The van der Waals surface area contributed by atoms with Gasteiger partial charge in [0.25, 0.3) is 0 Å². The summed E-state index contributed by atoms with van der Waals surface area (Å²) in [6, 6.07) is 5.85. The van der Waals surface area contributed by atoms with Gasteiger partial charge < -0.3 is 4.57 Å². The van der Waals surface area contributed by atoms with Crippen molar-refractivity contribution in [1.82, 2.24) is 0 Å². The molecule has 0 aromatic heterocycles. The van der Waals surface area contributed by atoms with Gasteiger partial charge in [0, 0.05) is 12.8 Å². The maximum atomic E-state index is 12.4. The second kappa shape index (κ2) is 3.59. The van der Waals surface area contributed by atoms with Gasteiger partial charge in [-0.25, -0.2) is 4.39 Å². The van der Waals surface area contributed by atoms with Gasteiger partial charge in [-0.15, -0.1) is 0 Å². The van der Waals surface area contributed by atoms with Gasteiger partial charge >= 0.3 is 0 Å². The van der Waals surface area contributed by atoms with E-state index in [9.17, 15) is 8.96 Å². The fourth-order valence-electron chi connectivity index (χ4n) is 0.916. The van der Waals surface area contributed by atoms with E-state index in [-0.39, 0.29) is 5.82 Å². The lowest BCUT2D eigenvalue weighted by Crippen LogP contribution is -1.82. The third-order valence-electron chi connectivity index (χ3n) is 1.38. The van der Waals surface area contributed by atoms with Gasteiger partial charge in [0.1, 0.15) is 5.82 Å². The summed E-state index contributed by atoms with van der Waals surface area (Å²) in [7, 11) is 0. The first-order valence-corrected chi connectivity index (χ1v) is 6.72. The van der Waals surface area contributed by atoms with Crippen LogP contribution in [-0.2, 0) is 10.7 Å². The molecule has 1 unspecified atom stereocenters. The van der Waals surface area contributed by atoms with Crippen molar-refractivity contribution in [3.8, 4) is 0 Å². The third-order valence-corrected chi connectivity index (χ3v) is 2.67. The molecule has 12 heavy (non-hydrogen) atoms. The van der Waals surface area contributed by atoms with Crippen LogP contribution in [-0.4, -0.2) is 6.66 Å². The average molecular weight is 207 g/mol. The first-order chi connectivity index (χ1) is 5.47. The monoisotopic (exact) mass is 206 g/mol. The van der Waals surface area contributed by atoms with Crippen molar-refractivity contribution in [2.75, 3.05) is 6.66 Å². The molecule has 0 heterocycles. The zero-order valence-electron chi connectivity index (χ0n) is 6.63. The minimum absolute atomic E-state index is 0.292. The van der Waals surface area contributed by atoms with Crippen molar-refractivity contribution < 1.29 is 8.96 Å². The molecule has 1 nitrogen and oxygen atoms in total. The highest BCUT2D eigenvalue weighted by Crippen LogP contribution is 2.50. The van der Waals surface area contributed by atoms with Crippen molar-refractivity contribution in [2.24, 2.45) is 0 Å². The van der Waals surface area contributed by atoms with E-state index < -0.39 is 6.49 Å². The van der Waals surface area contributed by atoms with Crippen LogP contribution in [0.25, 0.3) is 0 Å². The largest absolute Gasteiger partial charge is 0.307 e. The summed E-state index contributed by atoms with van der Waals surface area (Å²) in [6.07, 6.45) is 0.314. The van der Waals surface area contributed by atoms with Gasteiger partial charge in [0.15, 0.2) is 6.49 Å². The highest BCUT2D eigenvalue weighted by atomic mass is 35.7. The summed E-state index contributed by atoms with van der Waals surface area (Å²) < 4.78 is 23.6. The molecule has 1 rings (SSSR count). The molecule has 0 amide bonds. The van der Waals surface area contributed by atoms with Crippen LogP contribution < -0.4 is 0 Å². The number of hydrogen-bond donors (Lipinski definition) is 0. The summed E-state index contributed by atoms with van der Waals surface area (Å²) in [5.41, 5.74) is 0.803. The van der Waals surface area contributed by atoms with Gasteiger partial charge in [-0.05, 0) is 17.7 Å². The van der Waals surface area contributed by atoms with Crippen molar-refractivity contribution >= 4 is 17.7 Å². The number of rotatable bonds is 2. The summed E-state index contributed by atoms with van der Waals surface area (Å²) in [4.78, 5) is 0. The number of hydrogen-bond acceptors (Lipinski definition) is 1. The Kier molecular flexibility index (Phi) is 2.92. The van der Waals surface area contributed by atoms with Gasteiger partial charge in [0.2, 0.25) is 0 Å². The summed E-state index contributed by atoms with van der Waals surface area (Å²) >= 11 is 5.57. The molecule has 0 fully saturated rings. The zero-order chi connectivity index (χ0) is 9.19. The minimum Gasteiger partial charge on any atom is -0.307 e. The summed E-state index contributed by atoms with van der Waals surface area (Å²) in [5, 5.41) is 0. The number of halogens is 2. The van der Waals surface area contributed by atoms with Crippen LogP contribution in [0, 0.1) is 5.82 Å². The maximum absolute atomic E-state index is 12.4. The van der Waals surface area contributed by atoms with Crippen molar-refractivity contribution in [3.63, 3.8) is 0 Å². The quantitative estimate of drug-likeness (QED) is 0.677. The summed E-state index contributed by atoms with van der Waals surface area (Å²) in [6.45, 7) is -1.06. The lowest BCUT2D eigenvalue weighted by atomic mass is 10.2. The van der Waals surface area contributed by atoms with Crippen molar-refractivity contribution in [2.45, 2.75) is 6.16 Å². The van der Waals surface area contributed by atoms with Crippen LogP contribution in [0.1, 0.15) is 5.56 Å². The Morgan fingerprint density at radius 3 is 2.33 bits per heavy atom. The first kappa shape index (κ1) is 9.76. The van der Waals surface area contributed by atoms with E-state index in [1.54, 1.807) is 12.1 Å². The molecule has 0 radical (unpaired) electrons. The van der Waals surface area contributed by atoms with Crippen LogP contribution in [0.5, 0.6) is 0 Å². The highest BCUT2D eigenvalue weighted by Gasteiger charge is 2.10. The van der Waals surface area contributed by atoms with E-state index in [1.807, 2.05) is 0 Å². The fourth-order valence-corrected chi connectivity index (χ4v) is 2.19. The van der Waals surface area contributed by atoms with Gasteiger partial charge in [-0.2, -0.15) is 0 Å². The second-order valence-corrected chi connectivity index (χ2v) is 7.20. The van der Waals surface area contributed by atoms with E-state index in [0.717, 1.165) is 5.56 Å². The SMILES string of the molecule is CP(=O)(Cl)Cc1ccc(F)cc1. The van der Waals surface area contributed by atoms with Crippen LogP contribution in [0.3, 0.4) is 0 Å². The molecule has 0 N–H and O–H groups in total. The van der Waals surface area contributed by atoms with Crippen molar-refractivity contribution in [1.29, 1.82) is 0 Å². The molecule has 4 heteroatoms. The topological polar surface area (TPSA) is 17.1 Å². The first-order valence-electron chi connectivity index (χ1n) is 3.48. The standard InChI is InChI=1S/C8H9ClFOP/c1-12(9,11)6-7-2-4-8(10)5-3-7/h2-5H,6H2,1H3. The van der Waals surface area contributed by atoms with E-state index in [0.29, 0.717) is 6.16 Å². The molecular formula is C8H9ClFOP. The Hall–Kier alpha value is -0.330. The molecule has 0 aliphatic heterocycles. The van der Waals surface area contributed by atoms with Gasteiger partial charge in [-0.1, -0.05) is 23.4 Å². The third kappa shape index (κ3) is 3.38. The molecular weight excluding hydrogens is 198 g/mol. The Bertz CT molecular complexity index is 303. The molecule has 1 aromatic carbocycles. The molecule has 66 valence electrons. The Balaban J connectivity index is 2.78. The molecule has 1 aromatic rings. The van der Waals surface area contributed by atoms with Gasteiger partial charge in [-0.3, -0.25) is 0 Å². The Morgan fingerprint density at radius 2 is 1.92 bits per heavy atom. The fraction of sp³-hybridized carbons (Fsp3) is 0.250. The molecule has 0 spiro atoms. The lowest BCUT2D eigenvalue weighted by Gasteiger charge is -2.03. The zero-order valence-corrected chi connectivity index (χ0v) is 8.28. The van der Waals surface area contributed by atoms with Crippen LogP contribution in [0.4, 0.5) is 4.39 Å². The van der Waals surface area contributed by atoms with E-state index in [1.165, 1.54) is 18.8 Å².